The zero-order valence-electron chi connectivity index (χ0n) is 16.3. The average Bonchev–Trinajstić information content (AvgIpc) is 3.13. The molecule has 0 spiro atoms. The minimum Gasteiger partial charge on any atom is -0.497 e. The molecule has 0 unspecified atom stereocenters. The summed E-state index contributed by atoms with van der Waals surface area (Å²) in [5.41, 5.74) is 2.63. The number of anilines is 3. The van der Waals surface area contributed by atoms with Crippen LogP contribution in [0, 0.1) is 6.92 Å². The Morgan fingerprint density at radius 3 is 2.74 bits per heavy atom. The number of hydrogen-bond donors (Lipinski definition) is 1. The molecule has 0 aliphatic heterocycles. The minimum absolute atomic E-state index is 0.587. The summed E-state index contributed by atoms with van der Waals surface area (Å²) < 4.78 is 7.14. The van der Waals surface area contributed by atoms with Gasteiger partial charge in [0.15, 0.2) is 5.65 Å². The minimum atomic E-state index is 0.587. The molecule has 0 saturated heterocycles. The highest BCUT2D eigenvalue weighted by molar-refractivity contribution is 6.33. The van der Waals surface area contributed by atoms with Gasteiger partial charge in [0.05, 0.1) is 24.0 Å². The maximum atomic E-state index is 6.41. The smallest absolute Gasteiger partial charge is 0.159 e. The number of rotatable bonds is 8. The number of halogens is 1. The second-order valence-corrected chi connectivity index (χ2v) is 6.82. The first-order valence-electron chi connectivity index (χ1n) is 9.28. The van der Waals surface area contributed by atoms with Crippen LogP contribution in [-0.2, 0) is 0 Å². The third kappa shape index (κ3) is 3.95. The van der Waals surface area contributed by atoms with Crippen LogP contribution in [-0.4, -0.2) is 34.8 Å². The van der Waals surface area contributed by atoms with Gasteiger partial charge in [0.1, 0.15) is 17.4 Å². The zero-order chi connectivity index (χ0) is 19.4. The van der Waals surface area contributed by atoms with E-state index in [-0.39, 0.29) is 0 Å². The summed E-state index contributed by atoms with van der Waals surface area (Å²) in [5, 5.41) is 8.46. The number of fused-ring (bicyclic) bond motifs is 1. The molecule has 0 amide bonds. The molecular weight excluding hydrogens is 362 g/mol. The fourth-order valence-electron chi connectivity index (χ4n) is 3.11. The third-order valence-electron chi connectivity index (χ3n) is 4.63. The number of hydrogen-bond acceptors (Lipinski definition) is 5. The highest BCUT2D eigenvalue weighted by Gasteiger charge is 2.18. The molecule has 144 valence electrons. The summed E-state index contributed by atoms with van der Waals surface area (Å²) in [7, 11) is 1.62. The summed E-state index contributed by atoms with van der Waals surface area (Å²) in [6.45, 7) is 8.32. The normalized spacial score (nSPS) is 11.0. The van der Waals surface area contributed by atoms with Gasteiger partial charge in [-0.05, 0) is 32.4 Å². The Morgan fingerprint density at radius 1 is 1.26 bits per heavy atom. The number of nitrogens with one attached hydrogen (secondary N) is 1. The molecule has 0 bridgehead atoms. The van der Waals surface area contributed by atoms with Crippen LogP contribution in [0.2, 0.25) is 5.02 Å². The van der Waals surface area contributed by atoms with Crippen LogP contribution in [0.5, 0.6) is 5.75 Å². The zero-order valence-corrected chi connectivity index (χ0v) is 17.0. The van der Waals surface area contributed by atoms with Crippen molar-refractivity contribution in [2.24, 2.45) is 0 Å². The molecule has 1 aromatic carbocycles. The van der Waals surface area contributed by atoms with Gasteiger partial charge in [0.25, 0.3) is 0 Å². The molecule has 0 saturated carbocycles. The molecule has 1 N–H and O–H groups in total. The maximum absolute atomic E-state index is 6.41. The number of ether oxygens (including phenoxy) is 1. The monoisotopic (exact) mass is 387 g/mol. The van der Waals surface area contributed by atoms with Gasteiger partial charge in [-0.3, -0.25) is 0 Å². The second-order valence-electron chi connectivity index (χ2n) is 6.41. The molecule has 6 nitrogen and oxygen atoms in total. The van der Waals surface area contributed by atoms with Crippen LogP contribution < -0.4 is 15.0 Å². The second kappa shape index (κ2) is 8.48. The van der Waals surface area contributed by atoms with Crippen molar-refractivity contribution in [3.8, 4) is 5.75 Å². The van der Waals surface area contributed by atoms with Crippen molar-refractivity contribution in [2.45, 2.75) is 33.6 Å². The maximum Gasteiger partial charge on any atom is 0.159 e. The van der Waals surface area contributed by atoms with Crippen molar-refractivity contribution in [1.82, 2.24) is 14.6 Å². The van der Waals surface area contributed by atoms with E-state index in [1.807, 2.05) is 22.7 Å². The lowest BCUT2D eigenvalue weighted by Crippen LogP contribution is -2.27. The van der Waals surface area contributed by atoms with Crippen molar-refractivity contribution in [1.29, 1.82) is 0 Å². The summed E-state index contributed by atoms with van der Waals surface area (Å²) in [6.07, 6.45) is 4.06. The summed E-state index contributed by atoms with van der Waals surface area (Å²) in [6, 6.07) is 7.48. The Balaban J connectivity index is 2.05. The van der Waals surface area contributed by atoms with E-state index in [2.05, 4.69) is 36.1 Å². The van der Waals surface area contributed by atoms with Crippen LogP contribution in [0.25, 0.3) is 5.65 Å². The van der Waals surface area contributed by atoms with E-state index in [0.717, 1.165) is 60.2 Å². The molecule has 3 rings (SSSR count). The van der Waals surface area contributed by atoms with Gasteiger partial charge < -0.3 is 15.0 Å². The van der Waals surface area contributed by atoms with Crippen molar-refractivity contribution in [3.63, 3.8) is 0 Å². The first kappa shape index (κ1) is 19.3. The molecule has 2 aromatic heterocycles. The number of aromatic nitrogens is 3. The number of methoxy groups -OCH3 is 1. The number of unbranched alkanes of at least 4 members (excludes halogenated alkanes) is 1. The van der Waals surface area contributed by atoms with Gasteiger partial charge in [0, 0.05) is 30.8 Å². The van der Waals surface area contributed by atoms with Gasteiger partial charge in [-0.1, -0.05) is 24.9 Å². The first-order valence-corrected chi connectivity index (χ1v) is 9.66. The molecule has 0 aliphatic rings. The highest BCUT2D eigenvalue weighted by atomic mass is 35.5. The first-order chi connectivity index (χ1) is 13.1. The van der Waals surface area contributed by atoms with Gasteiger partial charge in [0.2, 0.25) is 0 Å². The van der Waals surface area contributed by atoms with E-state index < -0.39 is 0 Å². The Bertz CT molecular complexity index is 924. The van der Waals surface area contributed by atoms with Crippen LogP contribution in [0.15, 0.2) is 30.5 Å². The number of nitrogens with zero attached hydrogens (tertiary/aromatic N) is 4. The Morgan fingerprint density at radius 2 is 2.07 bits per heavy atom. The lowest BCUT2D eigenvalue weighted by molar-refractivity contribution is 0.415. The van der Waals surface area contributed by atoms with Crippen molar-refractivity contribution >= 4 is 34.6 Å². The molecule has 0 fully saturated rings. The highest BCUT2D eigenvalue weighted by Crippen LogP contribution is 2.33. The lowest BCUT2D eigenvalue weighted by atomic mass is 10.2. The van der Waals surface area contributed by atoms with Gasteiger partial charge in [-0.2, -0.15) is 9.61 Å². The standard InChI is InChI=1S/C20H26ClN5O/c1-5-7-12-25(6-2)20-14(3)19(24-18-10-11-22-26(18)20)23-17-9-8-15(27-4)13-16(17)21/h8-11,13H,5-7,12H2,1-4H3,(H,23,24). The van der Waals surface area contributed by atoms with Gasteiger partial charge >= 0.3 is 0 Å². The van der Waals surface area contributed by atoms with Crippen molar-refractivity contribution < 1.29 is 4.74 Å². The quantitative estimate of drug-likeness (QED) is 0.584. The van der Waals surface area contributed by atoms with E-state index in [9.17, 15) is 0 Å². The van der Waals surface area contributed by atoms with Crippen LogP contribution in [0.1, 0.15) is 32.3 Å². The van der Waals surface area contributed by atoms with Crippen LogP contribution >= 0.6 is 11.6 Å². The molecular formula is C20H26ClN5O. The summed E-state index contributed by atoms with van der Waals surface area (Å²) in [5.74, 6) is 2.56. The van der Waals surface area contributed by atoms with E-state index in [1.165, 1.54) is 0 Å². The lowest BCUT2D eigenvalue weighted by Gasteiger charge is -2.26. The predicted octanol–water partition coefficient (Wildman–Crippen LogP) is 5.07. The fourth-order valence-corrected chi connectivity index (χ4v) is 3.33. The van der Waals surface area contributed by atoms with Crippen LogP contribution in [0.4, 0.5) is 17.3 Å². The van der Waals surface area contributed by atoms with Crippen molar-refractivity contribution in [3.05, 3.63) is 41.0 Å². The van der Waals surface area contributed by atoms with E-state index >= 15 is 0 Å². The van der Waals surface area contributed by atoms with Gasteiger partial charge in [-0.15, -0.1) is 0 Å². The Hall–Kier alpha value is -2.47. The summed E-state index contributed by atoms with van der Waals surface area (Å²) in [4.78, 5) is 7.09. The van der Waals surface area contributed by atoms with Gasteiger partial charge in [-0.25, -0.2) is 4.98 Å². The third-order valence-corrected chi connectivity index (χ3v) is 4.95. The Labute approximate surface area is 165 Å². The van der Waals surface area contributed by atoms with Crippen molar-refractivity contribution in [2.75, 3.05) is 30.4 Å². The molecule has 7 heteroatoms. The molecule has 27 heavy (non-hydrogen) atoms. The van der Waals surface area contributed by atoms with E-state index in [1.54, 1.807) is 19.4 Å². The largest absolute Gasteiger partial charge is 0.497 e. The van der Waals surface area contributed by atoms with E-state index in [0.29, 0.717) is 5.02 Å². The molecule has 0 aliphatic carbocycles. The predicted molar refractivity (Wildman–Crippen MR) is 112 cm³/mol. The topological polar surface area (TPSA) is 54.7 Å². The average molecular weight is 388 g/mol. The fraction of sp³-hybridized carbons (Fsp3) is 0.400. The molecule has 0 atom stereocenters. The van der Waals surface area contributed by atoms with E-state index in [4.69, 9.17) is 21.3 Å². The summed E-state index contributed by atoms with van der Waals surface area (Å²) >= 11 is 6.41. The molecule has 3 aromatic rings. The Kier molecular flexibility index (Phi) is 6.06. The number of benzene rings is 1. The SMILES string of the molecule is CCCCN(CC)c1c(C)c(Nc2ccc(OC)cc2Cl)nc2ccnn12. The molecule has 0 radical (unpaired) electrons. The van der Waals surface area contributed by atoms with Crippen LogP contribution in [0.3, 0.4) is 0 Å². The molecule has 2 heterocycles.